The number of imidazole rings is 1. The maximum Gasteiger partial charge on any atom is 0.284 e. The molecule has 0 atom stereocenters. The van der Waals surface area contributed by atoms with Crippen LogP contribution in [0.4, 0.5) is 0 Å². The first-order valence-corrected chi connectivity index (χ1v) is 7.57. The second kappa shape index (κ2) is 5.65. The molecule has 108 valence electrons. The Morgan fingerprint density at radius 2 is 2.10 bits per heavy atom. The third-order valence-electron chi connectivity index (χ3n) is 3.38. The number of aryl methyl sites for hydroxylation is 1. The number of fused-ring (bicyclic) bond motifs is 1. The lowest BCUT2D eigenvalue weighted by atomic mass is 10.1. The van der Waals surface area contributed by atoms with Crippen LogP contribution in [0.2, 0.25) is 0 Å². The molecule has 0 aliphatic heterocycles. The molecule has 0 N–H and O–H groups in total. The van der Waals surface area contributed by atoms with Gasteiger partial charge in [0.1, 0.15) is 10.7 Å². The Kier molecular flexibility index (Phi) is 3.70. The fourth-order valence-corrected chi connectivity index (χ4v) is 3.04. The van der Waals surface area contributed by atoms with E-state index in [4.69, 9.17) is 0 Å². The Bertz CT molecular complexity index is 762. The van der Waals surface area contributed by atoms with E-state index < -0.39 is 0 Å². The van der Waals surface area contributed by atoms with Crippen LogP contribution in [0.1, 0.15) is 21.2 Å². The van der Waals surface area contributed by atoms with E-state index >= 15 is 0 Å². The summed E-state index contributed by atoms with van der Waals surface area (Å²) in [5, 5.41) is 4.84. The van der Waals surface area contributed by atoms with Crippen molar-refractivity contribution in [1.82, 2.24) is 19.5 Å². The zero-order valence-electron chi connectivity index (χ0n) is 12.0. The molecule has 5 nitrogen and oxygen atoms in total. The van der Waals surface area contributed by atoms with Crippen molar-refractivity contribution >= 4 is 22.1 Å². The average Bonchev–Trinajstić information content (AvgIpc) is 3.07. The van der Waals surface area contributed by atoms with E-state index in [1.807, 2.05) is 32.2 Å². The van der Waals surface area contributed by atoms with Gasteiger partial charge in [0, 0.05) is 13.6 Å². The maximum atomic E-state index is 12.4. The molecule has 0 aliphatic carbocycles. The van der Waals surface area contributed by atoms with Gasteiger partial charge in [0.05, 0.1) is 6.20 Å². The standard InChI is InChI=1S/C15H16N4OS/c1-11-16-10-13-19(11)17-14(21-13)15(20)18(2)9-8-12-6-4-3-5-7-12/h3-7,10H,8-9H2,1-2H3. The number of carbonyl (C=O) groups is 1. The van der Waals surface area contributed by atoms with Crippen LogP contribution in [0, 0.1) is 6.92 Å². The predicted octanol–water partition coefficient (Wildman–Crippen LogP) is 2.41. The Hall–Kier alpha value is -2.21. The van der Waals surface area contributed by atoms with Crippen molar-refractivity contribution in [3.63, 3.8) is 0 Å². The summed E-state index contributed by atoms with van der Waals surface area (Å²) in [5.41, 5.74) is 1.23. The topological polar surface area (TPSA) is 50.5 Å². The fourth-order valence-electron chi connectivity index (χ4n) is 2.11. The van der Waals surface area contributed by atoms with E-state index in [1.54, 1.807) is 15.6 Å². The van der Waals surface area contributed by atoms with E-state index in [1.165, 1.54) is 16.9 Å². The summed E-state index contributed by atoms with van der Waals surface area (Å²) >= 11 is 1.37. The van der Waals surface area contributed by atoms with E-state index in [9.17, 15) is 4.79 Å². The van der Waals surface area contributed by atoms with Gasteiger partial charge in [-0.05, 0) is 18.9 Å². The molecule has 1 aromatic carbocycles. The molecule has 2 heterocycles. The molecule has 0 radical (unpaired) electrons. The van der Waals surface area contributed by atoms with Crippen LogP contribution >= 0.6 is 11.3 Å². The van der Waals surface area contributed by atoms with Gasteiger partial charge in [-0.3, -0.25) is 4.79 Å². The summed E-state index contributed by atoms with van der Waals surface area (Å²) in [6.45, 7) is 2.55. The second-order valence-corrected chi connectivity index (χ2v) is 5.93. The Morgan fingerprint density at radius 3 is 2.81 bits per heavy atom. The zero-order valence-corrected chi connectivity index (χ0v) is 12.8. The summed E-state index contributed by atoms with van der Waals surface area (Å²) in [5.74, 6) is 0.756. The molecular formula is C15H16N4OS. The van der Waals surface area contributed by atoms with Crippen LogP contribution in [0.15, 0.2) is 36.5 Å². The maximum absolute atomic E-state index is 12.4. The number of nitrogens with zero attached hydrogens (tertiary/aromatic N) is 4. The molecular weight excluding hydrogens is 284 g/mol. The minimum absolute atomic E-state index is 0.0426. The Morgan fingerprint density at radius 1 is 1.33 bits per heavy atom. The van der Waals surface area contributed by atoms with Gasteiger partial charge in [-0.15, -0.1) is 5.10 Å². The van der Waals surface area contributed by atoms with Crippen molar-refractivity contribution in [2.45, 2.75) is 13.3 Å². The smallest absolute Gasteiger partial charge is 0.284 e. The summed E-state index contributed by atoms with van der Waals surface area (Å²) in [6, 6.07) is 10.2. The van der Waals surface area contributed by atoms with Crippen molar-refractivity contribution in [2.24, 2.45) is 0 Å². The average molecular weight is 300 g/mol. The van der Waals surface area contributed by atoms with Crippen LogP contribution < -0.4 is 0 Å². The summed E-state index contributed by atoms with van der Waals surface area (Å²) in [4.78, 5) is 19.2. The highest BCUT2D eigenvalue weighted by Gasteiger charge is 2.17. The van der Waals surface area contributed by atoms with Crippen molar-refractivity contribution in [3.05, 3.63) is 52.9 Å². The van der Waals surface area contributed by atoms with Crippen LogP contribution in [0.25, 0.3) is 4.83 Å². The molecule has 2 aromatic heterocycles. The molecule has 0 spiro atoms. The van der Waals surface area contributed by atoms with Crippen molar-refractivity contribution in [3.8, 4) is 0 Å². The predicted molar refractivity (Wildman–Crippen MR) is 82.7 cm³/mol. The molecule has 3 rings (SSSR count). The molecule has 0 fully saturated rings. The van der Waals surface area contributed by atoms with Gasteiger partial charge in [0.25, 0.3) is 5.91 Å². The van der Waals surface area contributed by atoms with E-state index in [0.29, 0.717) is 11.6 Å². The van der Waals surface area contributed by atoms with Crippen LogP contribution in [-0.2, 0) is 6.42 Å². The summed E-state index contributed by atoms with van der Waals surface area (Å²) < 4.78 is 1.71. The fraction of sp³-hybridized carbons (Fsp3) is 0.267. The van der Waals surface area contributed by atoms with Gasteiger partial charge in [-0.1, -0.05) is 41.7 Å². The Labute approximate surface area is 126 Å². The lowest BCUT2D eigenvalue weighted by Crippen LogP contribution is -2.28. The molecule has 0 aliphatic rings. The number of hydrogen-bond donors (Lipinski definition) is 0. The van der Waals surface area contributed by atoms with E-state index in [0.717, 1.165) is 17.1 Å². The van der Waals surface area contributed by atoms with E-state index in [-0.39, 0.29) is 5.91 Å². The highest BCUT2D eigenvalue weighted by atomic mass is 32.1. The molecule has 0 saturated carbocycles. The first-order valence-electron chi connectivity index (χ1n) is 6.75. The number of rotatable bonds is 4. The number of carbonyl (C=O) groups excluding carboxylic acids is 1. The Balaban J connectivity index is 1.69. The third kappa shape index (κ3) is 2.80. The number of benzene rings is 1. The molecule has 0 unspecified atom stereocenters. The SMILES string of the molecule is Cc1ncc2sc(C(=O)N(C)CCc3ccccc3)nn12. The molecule has 6 heteroatoms. The lowest BCUT2D eigenvalue weighted by Gasteiger charge is -2.15. The summed E-state index contributed by atoms with van der Waals surface area (Å²) in [7, 11) is 1.81. The van der Waals surface area contributed by atoms with Crippen LogP contribution in [-0.4, -0.2) is 39.0 Å². The van der Waals surface area contributed by atoms with Gasteiger partial charge < -0.3 is 4.90 Å². The van der Waals surface area contributed by atoms with Gasteiger partial charge in [-0.25, -0.2) is 9.50 Å². The molecule has 3 aromatic rings. The van der Waals surface area contributed by atoms with Gasteiger partial charge in [-0.2, -0.15) is 0 Å². The van der Waals surface area contributed by atoms with Gasteiger partial charge in [0.15, 0.2) is 0 Å². The largest absolute Gasteiger partial charge is 0.339 e. The number of aromatic nitrogens is 3. The number of likely N-dealkylation sites (N-methyl/N-ethyl adjacent to an activating group) is 1. The summed E-state index contributed by atoms with van der Waals surface area (Å²) in [6.07, 6.45) is 2.58. The van der Waals surface area contributed by atoms with Crippen LogP contribution in [0.3, 0.4) is 0 Å². The first-order chi connectivity index (χ1) is 10.1. The van der Waals surface area contributed by atoms with Crippen molar-refractivity contribution in [1.29, 1.82) is 0 Å². The normalized spacial score (nSPS) is 11.0. The number of hydrogen-bond acceptors (Lipinski definition) is 4. The van der Waals surface area contributed by atoms with Crippen LogP contribution in [0.5, 0.6) is 0 Å². The van der Waals surface area contributed by atoms with E-state index in [2.05, 4.69) is 22.2 Å². The lowest BCUT2D eigenvalue weighted by molar-refractivity contribution is 0.0795. The van der Waals surface area contributed by atoms with Crippen molar-refractivity contribution in [2.75, 3.05) is 13.6 Å². The van der Waals surface area contributed by atoms with Gasteiger partial charge >= 0.3 is 0 Å². The monoisotopic (exact) mass is 300 g/mol. The third-order valence-corrected chi connectivity index (χ3v) is 4.31. The highest BCUT2D eigenvalue weighted by Crippen LogP contribution is 2.17. The minimum Gasteiger partial charge on any atom is -0.339 e. The molecule has 21 heavy (non-hydrogen) atoms. The van der Waals surface area contributed by atoms with Gasteiger partial charge in [0.2, 0.25) is 5.01 Å². The highest BCUT2D eigenvalue weighted by molar-refractivity contribution is 7.18. The van der Waals surface area contributed by atoms with Crippen molar-refractivity contribution < 1.29 is 4.79 Å². The second-order valence-electron chi connectivity index (χ2n) is 4.92. The number of amides is 1. The minimum atomic E-state index is -0.0426. The zero-order chi connectivity index (χ0) is 14.8. The molecule has 0 saturated heterocycles. The first kappa shape index (κ1) is 13.8. The quantitative estimate of drug-likeness (QED) is 0.743. The molecule has 1 amide bonds. The molecule has 0 bridgehead atoms.